The van der Waals surface area contributed by atoms with Crippen LogP contribution in [0.4, 0.5) is 13.2 Å². The van der Waals surface area contributed by atoms with E-state index in [-0.39, 0.29) is 12.4 Å². The summed E-state index contributed by atoms with van der Waals surface area (Å²) in [6.45, 7) is 0.229. The van der Waals surface area contributed by atoms with E-state index in [2.05, 4.69) is 0 Å². The third kappa shape index (κ3) is 3.67. The van der Waals surface area contributed by atoms with Crippen LogP contribution in [0.3, 0.4) is 0 Å². The summed E-state index contributed by atoms with van der Waals surface area (Å²) in [6, 6.07) is 11.3. The van der Waals surface area contributed by atoms with Crippen molar-refractivity contribution in [1.82, 2.24) is 0 Å². The van der Waals surface area contributed by atoms with Crippen LogP contribution in [-0.2, 0) is 12.6 Å². The van der Waals surface area contributed by atoms with Crippen LogP contribution in [0.2, 0.25) is 0 Å². The number of hydrogen-bond acceptors (Lipinski definition) is 2. The van der Waals surface area contributed by atoms with Gasteiger partial charge in [0.2, 0.25) is 6.79 Å². The first-order valence-corrected chi connectivity index (χ1v) is 7.25. The molecule has 5 heteroatoms. The summed E-state index contributed by atoms with van der Waals surface area (Å²) in [5.41, 5.74) is 0.632. The molecule has 0 fully saturated rings. The average Bonchev–Trinajstić information content (AvgIpc) is 2.98. The van der Waals surface area contributed by atoms with Crippen LogP contribution in [0, 0.1) is 0 Å². The van der Waals surface area contributed by atoms with E-state index in [4.69, 9.17) is 9.47 Å². The lowest BCUT2D eigenvalue weighted by Gasteiger charge is -2.09. The van der Waals surface area contributed by atoms with Gasteiger partial charge in [-0.1, -0.05) is 36.4 Å². The summed E-state index contributed by atoms with van der Waals surface area (Å²) in [5, 5.41) is 0. The fourth-order valence-corrected chi connectivity index (χ4v) is 2.46. The molecule has 2 nitrogen and oxygen atoms in total. The monoisotopic (exact) mass is 320 g/mol. The molecule has 0 aromatic heterocycles. The minimum Gasteiger partial charge on any atom is -0.454 e. The summed E-state index contributed by atoms with van der Waals surface area (Å²) < 4.78 is 49.2. The predicted octanol–water partition coefficient (Wildman–Crippen LogP) is 5.08. The number of hydrogen-bond donors (Lipinski definition) is 0. The van der Waals surface area contributed by atoms with E-state index in [1.165, 1.54) is 18.2 Å². The van der Waals surface area contributed by atoms with Gasteiger partial charge in [0.1, 0.15) is 0 Å². The summed E-state index contributed by atoms with van der Waals surface area (Å²) in [5.74, 6) is 1.44. The van der Waals surface area contributed by atoms with E-state index in [9.17, 15) is 13.2 Å². The third-order valence-electron chi connectivity index (χ3n) is 3.60. The van der Waals surface area contributed by atoms with Gasteiger partial charge in [-0.2, -0.15) is 13.2 Å². The highest BCUT2D eigenvalue weighted by Crippen LogP contribution is 2.33. The minimum absolute atomic E-state index is 0.186. The lowest BCUT2D eigenvalue weighted by atomic mass is 10.0. The number of alkyl halides is 3. The van der Waals surface area contributed by atoms with Crippen LogP contribution >= 0.6 is 0 Å². The molecule has 0 amide bonds. The summed E-state index contributed by atoms with van der Waals surface area (Å²) in [4.78, 5) is 0. The van der Waals surface area contributed by atoms with Gasteiger partial charge in [0.15, 0.2) is 11.5 Å². The molecule has 0 aliphatic carbocycles. The Morgan fingerprint density at radius 3 is 2.61 bits per heavy atom. The van der Waals surface area contributed by atoms with Crippen LogP contribution in [0.25, 0.3) is 6.08 Å². The topological polar surface area (TPSA) is 18.5 Å². The minimum atomic E-state index is -4.34. The van der Waals surface area contributed by atoms with E-state index in [1.54, 1.807) is 12.1 Å². The fraction of sp³-hybridized carbons (Fsp3) is 0.222. The molecule has 0 spiro atoms. The maximum atomic E-state index is 12.9. The molecule has 1 heterocycles. The lowest BCUT2D eigenvalue weighted by molar-refractivity contribution is -0.137. The number of rotatable bonds is 4. The zero-order valence-corrected chi connectivity index (χ0v) is 12.3. The molecule has 1 aliphatic heterocycles. The summed E-state index contributed by atoms with van der Waals surface area (Å²) >= 11 is 0. The molecular formula is C18H15F3O2. The Bertz CT molecular complexity index is 720. The average molecular weight is 320 g/mol. The van der Waals surface area contributed by atoms with Crippen LogP contribution in [0.5, 0.6) is 11.5 Å². The lowest BCUT2D eigenvalue weighted by Crippen LogP contribution is -2.06. The molecule has 0 bridgehead atoms. The summed E-state index contributed by atoms with van der Waals surface area (Å²) in [6.07, 6.45) is 0.316. The molecule has 0 saturated heterocycles. The van der Waals surface area contributed by atoms with Gasteiger partial charge in [-0.15, -0.1) is 0 Å². The highest BCUT2D eigenvalue weighted by atomic mass is 19.4. The zero-order valence-electron chi connectivity index (χ0n) is 12.3. The smallest absolute Gasteiger partial charge is 0.416 e. The van der Waals surface area contributed by atoms with E-state index in [0.29, 0.717) is 12.2 Å². The van der Waals surface area contributed by atoms with Crippen molar-refractivity contribution >= 4 is 6.08 Å². The Morgan fingerprint density at radius 1 is 1.00 bits per heavy atom. The standard InChI is InChI=1S/C18H15F3O2/c19-18(20,21)15-8-4-3-7-14(15)6-2-1-5-13-9-10-16-17(11-13)23-12-22-16/h2-4,6-11H,1,5,12H2/b6-2+. The molecule has 3 rings (SSSR count). The second-order valence-electron chi connectivity index (χ2n) is 5.21. The molecule has 2 aromatic carbocycles. The Labute approximate surface area is 132 Å². The first kappa shape index (κ1) is 15.5. The largest absolute Gasteiger partial charge is 0.454 e. The van der Waals surface area contributed by atoms with Gasteiger partial charge in [-0.05, 0) is 42.2 Å². The SMILES string of the molecule is FC(F)(F)c1ccccc1/C=C/CCc1ccc2c(c1)OCO2. The number of fused-ring (bicyclic) bond motifs is 1. The van der Waals surface area contributed by atoms with Crippen LogP contribution in [-0.4, -0.2) is 6.79 Å². The normalized spacial score (nSPS) is 13.7. The van der Waals surface area contributed by atoms with Gasteiger partial charge in [0.25, 0.3) is 0 Å². The summed E-state index contributed by atoms with van der Waals surface area (Å²) in [7, 11) is 0. The first-order valence-electron chi connectivity index (χ1n) is 7.25. The quantitative estimate of drug-likeness (QED) is 0.782. The molecule has 0 saturated carbocycles. The van der Waals surface area contributed by atoms with Gasteiger partial charge in [-0.3, -0.25) is 0 Å². The Hall–Kier alpha value is -2.43. The molecule has 1 aliphatic rings. The van der Waals surface area contributed by atoms with E-state index >= 15 is 0 Å². The number of allylic oxidation sites excluding steroid dienone is 1. The first-order chi connectivity index (χ1) is 11.0. The van der Waals surface area contributed by atoms with Crippen molar-refractivity contribution < 1.29 is 22.6 Å². The van der Waals surface area contributed by atoms with Crippen molar-refractivity contribution in [2.24, 2.45) is 0 Å². The third-order valence-corrected chi connectivity index (χ3v) is 3.60. The molecule has 0 N–H and O–H groups in total. The second kappa shape index (κ2) is 6.36. The maximum absolute atomic E-state index is 12.9. The number of ether oxygens (including phenoxy) is 2. The highest BCUT2D eigenvalue weighted by molar-refractivity contribution is 5.54. The van der Waals surface area contributed by atoms with Crippen molar-refractivity contribution in [3.8, 4) is 11.5 Å². The van der Waals surface area contributed by atoms with Gasteiger partial charge in [-0.25, -0.2) is 0 Å². The van der Waals surface area contributed by atoms with Gasteiger partial charge < -0.3 is 9.47 Å². The van der Waals surface area contributed by atoms with Crippen molar-refractivity contribution in [2.45, 2.75) is 19.0 Å². The number of benzene rings is 2. The molecule has 0 atom stereocenters. The van der Waals surface area contributed by atoms with Crippen LogP contribution in [0.15, 0.2) is 48.5 Å². The van der Waals surface area contributed by atoms with Crippen molar-refractivity contribution in [3.05, 3.63) is 65.2 Å². The molecule has 2 aromatic rings. The Balaban J connectivity index is 1.64. The van der Waals surface area contributed by atoms with Crippen LogP contribution < -0.4 is 9.47 Å². The van der Waals surface area contributed by atoms with Crippen molar-refractivity contribution in [1.29, 1.82) is 0 Å². The van der Waals surface area contributed by atoms with E-state index in [0.717, 1.165) is 23.8 Å². The van der Waals surface area contributed by atoms with E-state index in [1.807, 2.05) is 18.2 Å². The highest BCUT2D eigenvalue weighted by Gasteiger charge is 2.32. The van der Waals surface area contributed by atoms with Gasteiger partial charge in [0.05, 0.1) is 5.56 Å². The number of aryl methyl sites for hydroxylation is 1. The predicted molar refractivity (Wildman–Crippen MR) is 81.4 cm³/mol. The van der Waals surface area contributed by atoms with Gasteiger partial charge in [0, 0.05) is 0 Å². The second-order valence-corrected chi connectivity index (χ2v) is 5.21. The van der Waals surface area contributed by atoms with Crippen molar-refractivity contribution in [2.75, 3.05) is 6.79 Å². The van der Waals surface area contributed by atoms with Crippen molar-refractivity contribution in [3.63, 3.8) is 0 Å². The van der Waals surface area contributed by atoms with Crippen LogP contribution in [0.1, 0.15) is 23.1 Å². The zero-order chi connectivity index (χ0) is 16.3. The molecular weight excluding hydrogens is 305 g/mol. The van der Waals surface area contributed by atoms with Gasteiger partial charge >= 0.3 is 6.18 Å². The Morgan fingerprint density at radius 2 is 1.78 bits per heavy atom. The fourth-order valence-electron chi connectivity index (χ4n) is 2.46. The number of halogens is 3. The Kier molecular flexibility index (Phi) is 4.28. The molecule has 120 valence electrons. The molecule has 0 unspecified atom stereocenters. The van der Waals surface area contributed by atoms with E-state index < -0.39 is 11.7 Å². The maximum Gasteiger partial charge on any atom is 0.416 e. The molecule has 0 radical (unpaired) electrons. The molecule has 23 heavy (non-hydrogen) atoms.